The van der Waals surface area contributed by atoms with Gasteiger partial charge >= 0.3 is 0 Å². The number of carbonyl (C=O) groups is 2. The van der Waals surface area contributed by atoms with Crippen LogP contribution in [-0.4, -0.2) is 29.8 Å². The Morgan fingerprint density at radius 2 is 1.93 bits per heavy atom. The molecule has 4 rings (SSSR count). The van der Waals surface area contributed by atoms with E-state index in [2.05, 4.69) is 19.2 Å². The number of rotatable bonds is 2. The molecule has 0 bridgehead atoms. The molecular weight excluding hydrogens is 404 g/mol. The van der Waals surface area contributed by atoms with Crippen LogP contribution < -0.4 is 5.32 Å². The number of piperidine rings is 1. The number of amides is 2. The van der Waals surface area contributed by atoms with E-state index in [1.165, 1.54) is 11.8 Å². The predicted molar refractivity (Wildman–Crippen MR) is 119 cm³/mol. The summed E-state index contributed by atoms with van der Waals surface area (Å²) < 4.78 is 0. The standard InChI is InChI=1S/C23H23ClN2O2S/c1-14-8-15(2)13-26(12-14)23(28)17-6-7-20-19(11-17)25-22(27)21(29-20)10-16-4-3-5-18(24)9-16/h3-7,9-11,14-15H,8,12-13H2,1-2H3,(H,25,27)/b21-10+/t14-,15-/m1/s1. The summed E-state index contributed by atoms with van der Waals surface area (Å²) in [5.74, 6) is 0.877. The first kappa shape index (κ1) is 20.0. The van der Waals surface area contributed by atoms with Crippen molar-refractivity contribution in [1.29, 1.82) is 0 Å². The van der Waals surface area contributed by atoms with Crippen molar-refractivity contribution in [2.45, 2.75) is 25.2 Å². The molecule has 0 spiro atoms. The van der Waals surface area contributed by atoms with Gasteiger partial charge in [-0.2, -0.15) is 0 Å². The van der Waals surface area contributed by atoms with Gasteiger partial charge in [-0.15, -0.1) is 0 Å². The van der Waals surface area contributed by atoms with Gasteiger partial charge in [0.25, 0.3) is 11.8 Å². The lowest BCUT2D eigenvalue weighted by molar-refractivity contribution is -0.112. The number of halogens is 1. The van der Waals surface area contributed by atoms with E-state index in [4.69, 9.17) is 11.6 Å². The second-order valence-corrected chi connectivity index (χ2v) is 9.51. The average molecular weight is 427 g/mol. The Balaban J connectivity index is 1.56. The number of likely N-dealkylation sites (tertiary alicyclic amines) is 1. The summed E-state index contributed by atoms with van der Waals surface area (Å²) >= 11 is 7.44. The highest BCUT2D eigenvalue weighted by Gasteiger charge is 2.28. The van der Waals surface area contributed by atoms with Crippen LogP contribution in [0.3, 0.4) is 0 Å². The van der Waals surface area contributed by atoms with Crippen LogP contribution >= 0.6 is 23.4 Å². The van der Waals surface area contributed by atoms with Crippen LogP contribution in [-0.2, 0) is 4.79 Å². The van der Waals surface area contributed by atoms with Gasteiger partial charge in [-0.3, -0.25) is 9.59 Å². The maximum Gasteiger partial charge on any atom is 0.262 e. The molecule has 0 saturated carbocycles. The van der Waals surface area contributed by atoms with Crippen molar-refractivity contribution < 1.29 is 9.59 Å². The third kappa shape index (κ3) is 4.51. The van der Waals surface area contributed by atoms with Gasteiger partial charge in [0.1, 0.15) is 0 Å². The monoisotopic (exact) mass is 426 g/mol. The lowest BCUT2D eigenvalue weighted by Gasteiger charge is -2.35. The maximum atomic E-state index is 13.0. The van der Waals surface area contributed by atoms with Crippen molar-refractivity contribution in [3.8, 4) is 0 Å². The topological polar surface area (TPSA) is 49.4 Å². The molecule has 2 atom stereocenters. The number of hydrogen-bond acceptors (Lipinski definition) is 3. The molecule has 150 valence electrons. The minimum Gasteiger partial charge on any atom is -0.338 e. The first-order valence-corrected chi connectivity index (χ1v) is 11.0. The summed E-state index contributed by atoms with van der Waals surface area (Å²) in [6.45, 7) is 5.95. The molecule has 2 heterocycles. The van der Waals surface area contributed by atoms with Gasteiger partial charge in [0.05, 0.1) is 10.6 Å². The van der Waals surface area contributed by atoms with Gasteiger partial charge in [0, 0.05) is 28.6 Å². The Hall–Kier alpha value is -2.24. The average Bonchev–Trinajstić information content (AvgIpc) is 2.67. The molecule has 1 N–H and O–H groups in total. The van der Waals surface area contributed by atoms with Gasteiger partial charge in [0.2, 0.25) is 0 Å². The number of carbonyl (C=O) groups excluding carboxylic acids is 2. The Morgan fingerprint density at radius 1 is 1.17 bits per heavy atom. The molecule has 0 radical (unpaired) electrons. The largest absolute Gasteiger partial charge is 0.338 e. The van der Waals surface area contributed by atoms with E-state index < -0.39 is 0 Å². The molecule has 4 nitrogen and oxygen atoms in total. The lowest BCUT2D eigenvalue weighted by Crippen LogP contribution is -2.42. The SMILES string of the molecule is C[C@@H]1C[C@@H](C)CN(C(=O)c2ccc3c(c2)NC(=O)/C(=C\c2cccc(Cl)c2)S3)C1. The molecule has 0 unspecified atom stereocenters. The van der Waals surface area contributed by atoms with E-state index in [0.29, 0.717) is 33.0 Å². The summed E-state index contributed by atoms with van der Waals surface area (Å²) in [4.78, 5) is 29.0. The minimum absolute atomic E-state index is 0.0331. The summed E-state index contributed by atoms with van der Waals surface area (Å²) in [7, 11) is 0. The van der Waals surface area contributed by atoms with Crippen molar-refractivity contribution in [3.63, 3.8) is 0 Å². The van der Waals surface area contributed by atoms with E-state index in [1.54, 1.807) is 12.1 Å². The van der Waals surface area contributed by atoms with Crippen LogP contribution in [0.4, 0.5) is 5.69 Å². The molecule has 29 heavy (non-hydrogen) atoms. The Bertz CT molecular complexity index is 994. The summed E-state index contributed by atoms with van der Waals surface area (Å²) in [6.07, 6.45) is 2.98. The number of fused-ring (bicyclic) bond motifs is 1. The molecule has 0 aromatic heterocycles. The molecule has 2 aliphatic rings. The second kappa shape index (κ2) is 8.25. The smallest absolute Gasteiger partial charge is 0.262 e. The van der Waals surface area contributed by atoms with E-state index in [0.717, 1.165) is 30.0 Å². The molecule has 0 aliphatic carbocycles. The highest BCUT2D eigenvalue weighted by molar-refractivity contribution is 8.04. The molecule has 2 aromatic rings. The van der Waals surface area contributed by atoms with Gasteiger partial charge in [-0.25, -0.2) is 0 Å². The van der Waals surface area contributed by atoms with Crippen LogP contribution in [0.5, 0.6) is 0 Å². The number of hydrogen-bond donors (Lipinski definition) is 1. The fourth-order valence-electron chi connectivity index (χ4n) is 4.05. The van der Waals surface area contributed by atoms with E-state index in [-0.39, 0.29) is 11.8 Å². The number of thioether (sulfide) groups is 1. The Morgan fingerprint density at radius 3 is 2.66 bits per heavy atom. The zero-order chi connectivity index (χ0) is 20.5. The van der Waals surface area contributed by atoms with Crippen LogP contribution in [0.2, 0.25) is 5.02 Å². The van der Waals surface area contributed by atoms with Gasteiger partial charge in [-0.1, -0.05) is 49.3 Å². The molecule has 2 amide bonds. The third-order valence-electron chi connectivity index (χ3n) is 5.22. The highest BCUT2D eigenvalue weighted by atomic mass is 35.5. The number of nitrogens with one attached hydrogen (secondary N) is 1. The van der Waals surface area contributed by atoms with E-state index in [9.17, 15) is 9.59 Å². The van der Waals surface area contributed by atoms with Crippen molar-refractivity contribution in [3.05, 3.63) is 63.5 Å². The van der Waals surface area contributed by atoms with Gasteiger partial charge in [-0.05, 0) is 60.2 Å². The zero-order valence-electron chi connectivity index (χ0n) is 16.4. The maximum absolute atomic E-state index is 13.0. The first-order chi connectivity index (χ1) is 13.9. The Kier molecular flexibility index (Phi) is 5.70. The predicted octanol–water partition coefficient (Wildman–Crippen LogP) is 5.54. The third-order valence-corrected chi connectivity index (χ3v) is 6.56. The fourth-order valence-corrected chi connectivity index (χ4v) is 5.18. The number of anilines is 1. The van der Waals surface area contributed by atoms with Crippen LogP contribution in [0.25, 0.3) is 6.08 Å². The quantitative estimate of drug-likeness (QED) is 0.641. The minimum atomic E-state index is -0.174. The molecule has 1 fully saturated rings. The first-order valence-electron chi connectivity index (χ1n) is 9.79. The highest BCUT2D eigenvalue weighted by Crippen LogP contribution is 2.39. The van der Waals surface area contributed by atoms with E-state index >= 15 is 0 Å². The molecule has 2 aliphatic heterocycles. The van der Waals surface area contributed by atoms with Crippen LogP contribution in [0, 0.1) is 11.8 Å². The summed E-state index contributed by atoms with van der Waals surface area (Å²) in [6, 6.07) is 12.9. The van der Waals surface area contributed by atoms with Crippen molar-refractivity contribution in [2.75, 3.05) is 18.4 Å². The zero-order valence-corrected chi connectivity index (χ0v) is 18.0. The molecule has 6 heteroatoms. The van der Waals surface area contributed by atoms with Crippen molar-refractivity contribution in [1.82, 2.24) is 4.90 Å². The lowest BCUT2D eigenvalue weighted by atomic mass is 9.91. The van der Waals surface area contributed by atoms with Gasteiger partial charge in [0.15, 0.2) is 0 Å². The summed E-state index contributed by atoms with van der Waals surface area (Å²) in [5, 5.41) is 3.56. The molecule has 1 saturated heterocycles. The second-order valence-electron chi connectivity index (χ2n) is 7.99. The number of benzene rings is 2. The van der Waals surface area contributed by atoms with Crippen LogP contribution in [0.15, 0.2) is 52.3 Å². The normalized spacial score (nSPS) is 22.9. The summed E-state index contributed by atoms with van der Waals surface area (Å²) in [5.41, 5.74) is 2.18. The molecular formula is C23H23ClN2O2S. The van der Waals surface area contributed by atoms with Crippen LogP contribution in [0.1, 0.15) is 36.2 Å². The Labute approximate surface area is 180 Å². The van der Waals surface area contributed by atoms with Crippen molar-refractivity contribution >= 4 is 46.9 Å². The molecule has 2 aromatic carbocycles. The fraction of sp³-hybridized carbons (Fsp3) is 0.304. The number of nitrogens with zero attached hydrogens (tertiary/aromatic N) is 1. The van der Waals surface area contributed by atoms with E-state index in [1.807, 2.05) is 41.3 Å². The van der Waals surface area contributed by atoms with Gasteiger partial charge < -0.3 is 10.2 Å². The van der Waals surface area contributed by atoms with Crippen molar-refractivity contribution in [2.24, 2.45) is 11.8 Å².